The normalized spacial score (nSPS) is 27.2. The maximum atomic E-state index is 12.9. The van der Waals surface area contributed by atoms with E-state index in [9.17, 15) is 4.39 Å². The molecule has 1 aliphatic carbocycles. The van der Waals surface area contributed by atoms with Crippen LogP contribution < -0.4 is 5.73 Å². The van der Waals surface area contributed by atoms with E-state index in [2.05, 4.69) is 9.89 Å². The van der Waals surface area contributed by atoms with E-state index in [0.717, 1.165) is 19.5 Å². The van der Waals surface area contributed by atoms with Gasteiger partial charge >= 0.3 is 0 Å². The molecule has 1 saturated heterocycles. The standard InChI is InChI=1S/C16H22FN3/c17-13-7-5-12(6-8-13)14-11-15(14)19-16(18)20-9-3-1-2-4-10-20/h5-8,14-15H,1-4,9-11H2,(H2,18,19)/t14-,15+/m0/s1. The van der Waals surface area contributed by atoms with E-state index < -0.39 is 0 Å². The van der Waals surface area contributed by atoms with Crippen LogP contribution in [-0.2, 0) is 0 Å². The van der Waals surface area contributed by atoms with Crippen LogP contribution in [0, 0.1) is 5.82 Å². The first kappa shape index (κ1) is 13.4. The van der Waals surface area contributed by atoms with Gasteiger partial charge in [0.15, 0.2) is 5.96 Å². The van der Waals surface area contributed by atoms with Crippen LogP contribution in [0.15, 0.2) is 29.3 Å². The molecule has 0 unspecified atom stereocenters. The number of rotatable bonds is 2. The highest BCUT2D eigenvalue weighted by Crippen LogP contribution is 2.43. The maximum absolute atomic E-state index is 12.9. The molecule has 2 atom stereocenters. The smallest absolute Gasteiger partial charge is 0.191 e. The Hall–Kier alpha value is -1.58. The monoisotopic (exact) mass is 275 g/mol. The van der Waals surface area contributed by atoms with Crippen molar-refractivity contribution in [1.29, 1.82) is 0 Å². The van der Waals surface area contributed by atoms with E-state index in [0.29, 0.717) is 11.9 Å². The molecule has 0 amide bonds. The second-order valence-electron chi connectivity index (χ2n) is 5.85. The minimum Gasteiger partial charge on any atom is -0.370 e. The first-order valence-electron chi connectivity index (χ1n) is 7.58. The fourth-order valence-electron chi connectivity index (χ4n) is 2.94. The van der Waals surface area contributed by atoms with E-state index in [-0.39, 0.29) is 11.9 Å². The summed E-state index contributed by atoms with van der Waals surface area (Å²) in [4.78, 5) is 6.88. The zero-order valence-corrected chi connectivity index (χ0v) is 11.8. The Balaban J connectivity index is 1.60. The van der Waals surface area contributed by atoms with Crippen LogP contribution in [-0.4, -0.2) is 30.0 Å². The number of likely N-dealkylation sites (tertiary alicyclic amines) is 1. The van der Waals surface area contributed by atoms with Gasteiger partial charge in [-0.3, -0.25) is 0 Å². The van der Waals surface area contributed by atoms with Gasteiger partial charge in [0, 0.05) is 19.0 Å². The zero-order chi connectivity index (χ0) is 13.9. The third-order valence-electron chi connectivity index (χ3n) is 4.28. The van der Waals surface area contributed by atoms with Crippen molar-refractivity contribution in [2.75, 3.05) is 13.1 Å². The third-order valence-corrected chi connectivity index (χ3v) is 4.28. The summed E-state index contributed by atoms with van der Waals surface area (Å²) in [7, 11) is 0. The summed E-state index contributed by atoms with van der Waals surface area (Å²) >= 11 is 0. The predicted molar refractivity (Wildman–Crippen MR) is 79.2 cm³/mol. The number of guanidine groups is 1. The third kappa shape index (κ3) is 3.11. The largest absolute Gasteiger partial charge is 0.370 e. The van der Waals surface area contributed by atoms with Crippen LogP contribution in [0.4, 0.5) is 4.39 Å². The Morgan fingerprint density at radius 1 is 1.10 bits per heavy atom. The van der Waals surface area contributed by atoms with E-state index >= 15 is 0 Å². The SMILES string of the molecule is NC(=N[C@@H]1C[C@H]1c1ccc(F)cc1)N1CCCCCC1. The van der Waals surface area contributed by atoms with Crippen LogP contribution in [0.3, 0.4) is 0 Å². The highest BCUT2D eigenvalue weighted by atomic mass is 19.1. The lowest BCUT2D eigenvalue weighted by molar-refractivity contribution is 0.428. The Labute approximate surface area is 119 Å². The number of benzene rings is 1. The molecule has 0 spiro atoms. The molecule has 2 aliphatic rings. The average Bonchev–Trinajstić information content (AvgIpc) is 3.22. The number of hydrogen-bond donors (Lipinski definition) is 1. The molecule has 0 aromatic heterocycles. The first-order chi connectivity index (χ1) is 9.74. The Bertz CT molecular complexity index is 475. The van der Waals surface area contributed by atoms with Crippen molar-refractivity contribution >= 4 is 5.96 Å². The number of nitrogens with two attached hydrogens (primary N) is 1. The van der Waals surface area contributed by atoms with Crippen LogP contribution in [0.5, 0.6) is 0 Å². The summed E-state index contributed by atoms with van der Waals surface area (Å²) in [5, 5.41) is 0. The van der Waals surface area contributed by atoms with Crippen LogP contribution in [0.2, 0.25) is 0 Å². The highest BCUT2D eigenvalue weighted by Gasteiger charge is 2.38. The highest BCUT2D eigenvalue weighted by molar-refractivity contribution is 5.78. The fourth-order valence-corrected chi connectivity index (χ4v) is 2.94. The van der Waals surface area contributed by atoms with Gasteiger partial charge in [0.2, 0.25) is 0 Å². The van der Waals surface area contributed by atoms with Crippen molar-refractivity contribution in [3.8, 4) is 0 Å². The van der Waals surface area contributed by atoms with Crippen molar-refractivity contribution < 1.29 is 4.39 Å². The van der Waals surface area contributed by atoms with Gasteiger partial charge in [-0.05, 0) is 37.0 Å². The second-order valence-corrected chi connectivity index (χ2v) is 5.85. The topological polar surface area (TPSA) is 41.6 Å². The molecule has 1 saturated carbocycles. The van der Waals surface area contributed by atoms with E-state index in [4.69, 9.17) is 5.73 Å². The van der Waals surface area contributed by atoms with Crippen LogP contribution >= 0.6 is 0 Å². The lowest BCUT2D eigenvalue weighted by Gasteiger charge is -2.21. The van der Waals surface area contributed by atoms with Gasteiger partial charge in [-0.25, -0.2) is 9.38 Å². The molecule has 2 fully saturated rings. The lowest BCUT2D eigenvalue weighted by atomic mass is 10.1. The van der Waals surface area contributed by atoms with E-state index in [1.165, 1.54) is 43.4 Å². The van der Waals surface area contributed by atoms with Crippen LogP contribution in [0.1, 0.15) is 43.6 Å². The van der Waals surface area contributed by atoms with Gasteiger partial charge < -0.3 is 10.6 Å². The van der Waals surface area contributed by atoms with Gasteiger partial charge in [-0.15, -0.1) is 0 Å². The molecule has 1 heterocycles. The molecule has 20 heavy (non-hydrogen) atoms. The first-order valence-corrected chi connectivity index (χ1v) is 7.58. The van der Waals surface area contributed by atoms with E-state index in [1.807, 2.05) is 12.1 Å². The molecular formula is C16H22FN3. The molecule has 1 aromatic rings. The molecule has 108 valence electrons. The number of aliphatic imine (C=N–C) groups is 1. The summed E-state index contributed by atoms with van der Waals surface area (Å²) in [6.07, 6.45) is 6.04. The molecular weight excluding hydrogens is 253 g/mol. The molecule has 0 radical (unpaired) electrons. The van der Waals surface area contributed by atoms with Gasteiger partial charge in [0.25, 0.3) is 0 Å². The summed E-state index contributed by atoms with van der Waals surface area (Å²) in [6, 6.07) is 7.04. The van der Waals surface area contributed by atoms with Gasteiger partial charge in [0.05, 0.1) is 6.04 Å². The molecule has 4 heteroatoms. The quantitative estimate of drug-likeness (QED) is 0.666. The molecule has 3 rings (SSSR count). The summed E-state index contributed by atoms with van der Waals surface area (Å²) in [6.45, 7) is 2.06. The predicted octanol–water partition coefficient (Wildman–Crippen LogP) is 2.87. The molecule has 1 aromatic carbocycles. The Morgan fingerprint density at radius 2 is 1.75 bits per heavy atom. The van der Waals surface area contributed by atoms with Crippen molar-refractivity contribution in [3.05, 3.63) is 35.6 Å². The van der Waals surface area contributed by atoms with Gasteiger partial charge in [-0.2, -0.15) is 0 Å². The summed E-state index contributed by atoms with van der Waals surface area (Å²) in [5.41, 5.74) is 7.31. The van der Waals surface area contributed by atoms with Crippen molar-refractivity contribution in [1.82, 2.24) is 4.90 Å². The van der Waals surface area contributed by atoms with Gasteiger partial charge in [-0.1, -0.05) is 25.0 Å². The van der Waals surface area contributed by atoms with E-state index in [1.54, 1.807) is 0 Å². The minimum absolute atomic E-state index is 0.182. The lowest BCUT2D eigenvalue weighted by Crippen LogP contribution is -2.38. The summed E-state index contributed by atoms with van der Waals surface area (Å²) < 4.78 is 12.9. The van der Waals surface area contributed by atoms with Gasteiger partial charge in [0.1, 0.15) is 5.82 Å². The number of halogens is 1. The van der Waals surface area contributed by atoms with Crippen molar-refractivity contribution in [2.24, 2.45) is 10.7 Å². The van der Waals surface area contributed by atoms with Crippen molar-refractivity contribution in [2.45, 2.75) is 44.1 Å². The molecule has 0 bridgehead atoms. The number of nitrogens with zero attached hydrogens (tertiary/aromatic N) is 2. The molecule has 2 N–H and O–H groups in total. The zero-order valence-electron chi connectivity index (χ0n) is 11.8. The van der Waals surface area contributed by atoms with Crippen LogP contribution in [0.25, 0.3) is 0 Å². The van der Waals surface area contributed by atoms with Crippen molar-refractivity contribution in [3.63, 3.8) is 0 Å². The Kier molecular flexibility index (Phi) is 3.90. The Morgan fingerprint density at radius 3 is 2.40 bits per heavy atom. The minimum atomic E-state index is -0.182. The maximum Gasteiger partial charge on any atom is 0.191 e. The summed E-state index contributed by atoms with van der Waals surface area (Å²) in [5.74, 6) is 0.932. The average molecular weight is 275 g/mol. The number of hydrogen-bond acceptors (Lipinski definition) is 1. The molecule has 3 nitrogen and oxygen atoms in total. The second kappa shape index (κ2) is 5.81. The molecule has 1 aliphatic heterocycles. The fraction of sp³-hybridized carbons (Fsp3) is 0.562.